The van der Waals surface area contributed by atoms with E-state index in [1.54, 1.807) is 30.0 Å². The van der Waals surface area contributed by atoms with E-state index < -0.39 is 5.97 Å². The first-order chi connectivity index (χ1) is 9.88. The zero-order chi connectivity index (χ0) is 16.0. The summed E-state index contributed by atoms with van der Waals surface area (Å²) in [7, 11) is 0. The molecule has 1 amide bonds. The first kappa shape index (κ1) is 16.9. The Morgan fingerprint density at radius 2 is 2.00 bits per heavy atom. The van der Waals surface area contributed by atoms with Gasteiger partial charge in [0.25, 0.3) is 5.91 Å². The topological polar surface area (TPSA) is 77.8 Å². The number of benzene rings is 1. The van der Waals surface area contributed by atoms with Gasteiger partial charge in [0.2, 0.25) is 0 Å². The van der Waals surface area contributed by atoms with Crippen molar-refractivity contribution in [1.82, 2.24) is 4.90 Å². The summed E-state index contributed by atoms with van der Waals surface area (Å²) in [6.07, 6.45) is 2.52. The number of hydrogen-bond donors (Lipinski definition) is 2. The second-order valence-electron chi connectivity index (χ2n) is 5.01. The highest BCUT2D eigenvalue weighted by Crippen LogP contribution is 2.18. The van der Waals surface area contributed by atoms with Gasteiger partial charge >= 0.3 is 5.97 Å². The highest BCUT2D eigenvalue weighted by Gasteiger charge is 2.20. The van der Waals surface area contributed by atoms with E-state index in [2.05, 4.69) is 0 Å². The lowest BCUT2D eigenvalue weighted by atomic mass is 10.0. The van der Waals surface area contributed by atoms with Crippen LogP contribution in [0.1, 0.15) is 35.3 Å². The molecule has 0 heterocycles. The third-order valence-electron chi connectivity index (χ3n) is 3.24. The molecular formula is C16H21NO4. The van der Waals surface area contributed by atoms with Crippen molar-refractivity contribution < 1.29 is 19.8 Å². The Morgan fingerprint density at radius 1 is 1.33 bits per heavy atom. The van der Waals surface area contributed by atoms with Gasteiger partial charge in [-0.15, -0.1) is 0 Å². The lowest BCUT2D eigenvalue weighted by Gasteiger charge is -2.27. The number of aliphatic carboxylic acids is 1. The molecule has 5 nitrogen and oxygen atoms in total. The molecule has 0 saturated carbocycles. The molecule has 1 rings (SSSR count). The summed E-state index contributed by atoms with van der Waals surface area (Å²) in [6.45, 7) is 5.73. The third-order valence-corrected chi connectivity index (χ3v) is 3.24. The zero-order valence-electron chi connectivity index (χ0n) is 12.5. The van der Waals surface area contributed by atoms with Gasteiger partial charge in [0.15, 0.2) is 0 Å². The molecule has 0 fully saturated rings. The molecule has 0 radical (unpaired) electrons. The van der Waals surface area contributed by atoms with Crippen molar-refractivity contribution in [2.45, 2.75) is 26.8 Å². The standard InChI is InChI=1S/C16H21NO4/c1-11(2)17(9-10-18)16(21)14-6-4-5-13(12(14)3)7-8-15(19)20/h4-8,11,18H,9-10H2,1-3H3,(H,19,20). The number of amides is 1. The number of rotatable bonds is 6. The summed E-state index contributed by atoms with van der Waals surface area (Å²) < 4.78 is 0. The van der Waals surface area contributed by atoms with E-state index in [1.807, 2.05) is 13.8 Å². The molecule has 1 aromatic carbocycles. The number of carbonyl (C=O) groups is 2. The molecular weight excluding hydrogens is 270 g/mol. The molecule has 0 atom stereocenters. The zero-order valence-corrected chi connectivity index (χ0v) is 12.5. The van der Waals surface area contributed by atoms with E-state index in [-0.39, 0.29) is 25.1 Å². The van der Waals surface area contributed by atoms with Gasteiger partial charge in [0.1, 0.15) is 0 Å². The van der Waals surface area contributed by atoms with Crippen molar-refractivity contribution in [2.75, 3.05) is 13.2 Å². The quantitative estimate of drug-likeness (QED) is 0.785. The van der Waals surface area contributed by atoms with Crippen LogP contribution >= 0.6 is 0 Å². The van der Waals surface area contributed by atoms with E-state index in [1.165, 1.54) is 6.08 Å². The van der Waals surface area contributed by atoms with Crippen LogP contribution in [0, 0.1) is 6.92 Å². The number of aliphatic hydroxyl groups is 1. The van der Waals surface area contributed by atoms with Crippen LogP contribution in [0.5, 0.6) is 0 Å². The molecule has 21 heavy (non-hydrogen) atoms. The van der Waals surface area contributed by atoms with Crippen LogP contribution in [-0.2, 0) is 4.79 Å². The molecule has 0 aliphatic rings. The summed E-state index contributed by atoms with van der Waals surface area (Å²) >= 11 is 0. The fraction of sp³-hybridized carbons (Fsp3) is 0.375. The van der Waals surface area contributed by atoms with E-state index in [0.717, 1.165) is 11.6 Å². The van der Waals surface area contributed by atoms with Crippen LogP contribution < -0.4 is 0 Å². The Labute approximate surface area is 124 Å². The second-order valence-corrected chi connectivity index (χ2v) is 5.01. The Hall–Kier alpha value is -2.14. The first-order valence-electron chi connectivity index (χ1n) is 6.81. The lowest BCUT2D eigenvalue weighted by molar-refractivity contribution is -0.131. The highest BCUT2D eigenvalue weighted by atomic mass is 16.4. The molecule has 0 bridgehead atoms. The Bertz CT molecular complexity index is 549. The predicted octanol–water partition coefficient (Wildman–Crippen LogP) is 1.94. The van der Waals surface area contributed by atoms with Crippen LogP contribution in [0.4, 0.5) is 0 Å². The molecule has 1 aromatic rings. The van der Waals surface area contributed by atoms with Crippen molar-refractivity contribution in [3.8, 4) is 0 Å². The van der Waals surface area contributed by atoms with Crippen molar-refractivity contribution >= 4 is 18.0 Å². The van der Waals surface area contributed by atoms with Gasteiger partial charge < -0.3 is 15.1 Å². The van der Waals surface area contributed by atoms with E-state index >= 15 is 0 Å². The SMILES string of the molecule is Cc1c(C=CC(=O)O)cccc1C(=O)N(CCO)C(C)C. The second kappa shape index (κ2) is 7.59. The maximum atomic E-state index is 12.6. The van der Waals surface area contributed by atoms with E-state index in [0.29, 0.717) is 11.1 Å². The van der Waals surface area contributed by atoms with Crippen molar-refractivity contribution in [3.05, 3.63) is 41.0 Å². The molecule has 114 valence electrons. The van der Waals surface area contributed by atoms with Gasteiger partial charge in [0.05, 0.1) is 6.61 Å². The van der Waals surface area contributed by atoms with Crippen molar-refractivity contribution in [2.24, 2.45) is 0 Å². The summed E-state index contributed by atoms with van der Waals surface area (Å²) in [6, 6.07) is 5.17. The van der Waals surface area contributed by atoms with Gasteiger partial charge in [-0.1, -0.05) is 12.1 Å². The highest BCUT2D eigenvalue weighted by molar-refractivity contribution is 5.97. The average Bonchev–Trinajstić information content (AvgIpc) is 2.42. The fourth-order valence-corrected chi connectivity index (χ4v) is 2.08. The molecule has 5 heteroatoms. The Morgan fingerprint density at radius 3 is 2.52 bits per heavy atom. The molecule has 0 spiro atoms. The smallest absolute Gasteiger partial charge is 0.328 e. The number of carboxylic acid groups (broad SMARTS) is 1. The summed E-state index contributed by atoms with van der Waals surface area (Å²) in [5.74, 6) is -1.20. The molecule has 2 N–H and O–H groups in total. The minimum Gasteiger partial charge on any atom is -0.478 e. The minimum absolute atomic E-state index is 0.0257. The number of hydrogen-bond acceptors (Lipinski definition) is 3. The monoisotopic (exact) mass is 291 g/mol. The van der Waals surface area contributed by atoms with Crippen molar-refractivity contribution in [3.63, 3.8) is 0 Å². The summed E-state index contributed by atoms with van der Waals surface area (Å²) in [5.41, 5.74) is 1.93. The van der Waals surface area contributed by atoms with Crippen LogP contribution in [0.25, 0.3) is 6.08 Å². The van der Waals surface area contributed by atoms with Gasteiger partial charge in [-0.05, 0) is 44.0 Å². The van der Waals surface area contributed by atoms with Crippen LogP contribution in [0.3, 0.4) is 0 Å². The van der Waals surface area contributed by atoms with Gasteiger partial charge in [-0.3, -0.25) is 4.79 Å². The van der Waals surface area contributed by atoms with Crippen LogP contribution in [-0.4, -0.2) is 46.2 Å². The first-order valence-corrected chi connectivity index (χ1v) is 6.81. The molecule has 0 aliphatic heterocycles. The molecule has 0 aliphatic carbocycles. The molecule has 0 aromatic heterocycles. The average molecular weight is 291 g/mol. The lowest BCUT2D eigenvalue weighted by Crippen LogP contribution is -2.39. The summed E-state index contributed by atoms with van der Waals surface area (Å²) in [5, 5.41) is 17.8. The number of carboxylic acids is 1. The van der Waals surface area contributed by atoms with Crippen LogP contribution in [0.2, 0.25) is 0 Å². The Kier molecular flexibility index (Phi) is 6.11. The maximum absolute atomic E-state index is 12.6. The van der Waals surface area contributed by atoms with Crippen molar-refractivity contribution in [1.29, 1.82) is 0 Å². The molecule has 0 unspecified atom stereocenters. The van der Waals surface area contributed by atoms with Gasteiger partial charge in [-0.2, -0.15) is 0 Å². The maximum Gasteiger partial charge on any atom is 0.328 e. The van der Waals surface area contributed by atoms with Gasteiger partial charge in [-0.25, -0.2) is 4.79 Å². The van der Waals surface area contributed by atoms with E-state index in [4.69, 9.17) is 10.2 Å². The largest absolute Gasteiger partial charge is 0.478 e. The Balaban J connectivity index is 3.15. The van der Waals surface area contributed by atoms with E-state index in [9.17, 15) is 9.59 Å². The normalized spacial score (nSPS) is 11.1. The predicted molar refractivity (Wildman–Crippen MR) is 81.1 cm³/mol. The molecule has 0 saturated heterocycles. The number of nitrogens with zero attached hydrogens (tertiary/aromatic N) is 1. The van der Waals surface area contributed by atoms with Gasteiger partial charge in [0, 0.05) is 24.2 Å². The summed E-state index contributed by atoms with van der Waals surface area (Å²) in [4.78, 5) is 24.7. The third kappa shape index (κ3) is 4.43. The van der Waals surface area contributed by atoms with Crippen LogP contribution in [0.15, 0.2) is 24.3 Å². The number of carbonyl (C=O) groups excluding carboxylic acids is 1. The minimum atomic E-state index is -1.03. The fourth-order valence-electron chi connectivity index (χ4n) is 2.08. The number of aliphatic hydroxyl groups excluding tert-OH is 1.